The zero-order valence-electron chi connectivity index (χ0n) is 44.1. The minimum atomic E-state index is -0.265. The van der Waals surface area contributed by atoms with E-state index in [0.717, 1.165) is 74.6 Å². The zero-order valence-corrected chi connectivity index (χ0v) is 44.1. The Labute approximate surface area is 430 Å². The zero-order chi connectivity index (χ0) is 50.4. The molecule has 7 aromatic rings. The van der Waals surface area contributed by atoms with Gasteiger partial charge in [0, 0.05) is 33.8 Å². The van der Waals surface area contributed by atoms with Crippen LogP contribution in [-0.2, 0) is 32.5 Å². The van der Waals surface area contributed by atoms with Gasteiger partial charge in [-0.2, -0.15) is 0 Å². The Bertz CT molecular complexity index is 3420. The molecule has 13 rings (SSSR count). The standard InChI is InChI=1S/C62H62B6N2O/c1-57(2,3)34-13-16-36(17-14-34)69-44-20-15-35(58(4,5)6)29-43(44)68-54-45(69)27-33(48-49(63)51(65)53(67)52(66)50(48)64)28-46(54)70(37-18-19-39-40(30-37)60(9,10)22-21-59(39,7)8)55-38-31-41-42(32-47(38)71-56(55)68)62(12)25-23-61(41,11)24-26-62/h13-20,27-32H,21-26H2,1-12H3. The lowest BCUT2D eigenvalue weighted by Crippen LogP contribution is -2.61. The van der Waals surface area contributed by atoms with Crippen molar-refractivity contribution in [3.8, 4) is 11.1 Å². The number of rotatable bonds is 3. The summed E-state index contributed by atoms with van der Waals surface area (Å²) >= 11 is 0. The SMILES string of the molecule is [B]c1c([B])c([B])c(-c2cc3c4c(c2)N(c2ccc5c(c2)C(C)(C)CCC5(C)C)c2c(oc5cc6c(cc25)C2(C)CCC6(C)CC2)B4c2cc(C(C)(C)C)ccc2N3c2ccc(C(C)(C)C)cc2)c([B])c1[B]. The molecule has 71 heavy (non-hydrogen) atoms. The van der Waals surface area contributed by atoms with Crippen LogP contribution in [0.2, 0.25) is 0 Å². The lowest BCUT2D eigenvalue weighted by Gasteiger charge is -2.52. The van der Waals surface area contributed by atoms with Gasteiger partial charge in [0.25, 0.3) is 6.71 Å². The van der Waals surface area contributed by atoms with E-state index in [1.165, 1.54) is 64.5 Å². The van der Waals surface area contributed by atoms with E-state index >= 15 is 0 Å². The van der Waals surface area contributed by atoms with Crippen molar-refractivity contribution in [2.75, 3.05) is 9.80 Å². The summed E-state index contributed by atoms with van der Waals surface area (Å²) < 4.78 is 7.66. The molecule has 2 aliphatic heterocycles. The number of benzene rings is 6. The molecule has 0 unspecified atom stereocenters. The van der Waals surface area contributed by atoms with Crippen LogP contribution in [-0.4, -0.2) is 45.9 Å². The van der Waals surface area contributed by atoms with Crippen molar-refractivity contribution in [3.63, 3.8) is 0 Å². The predicted molar refractivity (Wildman–Crippen MR) is 308 cm³/mol. The first kappa shape index (κ1) is 46.9. The van der Waals surface area contributed by atoms with Crippen LogP contribution in [0.3, 0.4) is 0 Å². The molecule has 3 nitrogen and oxygen atoms in total. The quantitative estimate of drug-likeness (QED) is 0.165. The maximum atomic E-state index is 7.66. The molecule has 3 heterocycles. The van der Waals surface area contributed by atoms with Gasteiger partial charge in [0.2, 0.25) is 0 Å². The Morgan fingerprint density at radius 3 is 1.61 bits per heavy atom. The number of anilines is 6. The van der Waals surface area contributed by atoms with Crippen molar-refractivity contribution in [3.05, 3.63) is 118 Å². The Morgan fingerprint density at radius 1 is 0.493 bits per heavy atom. The minimum Gasteiger partial charge on any atom is -0.468 e. The average Bonchev–Trinajstić information content (AvgIpc) is 3.69. The summed E-state index contributed by atoms with van der Waals surface area (Å²) in [7, 11) is 34.1. The molecule has 0 spiro atoms. The molecule has 6 aliphatic rings. The largest absolute Gasteiger partial charge is 0.468 e. The van der Waals surface area contributed by atoms with Crippen molar-refractivity contribution in [2.24, 2.45) is 0 Å². The van der Waals surface area contributed by atoms with Gasteiger partial charge in [-0.05, 0) is 181 Å². The highest BCUT2D eigenvalue weighted by atomic mass is 16.3. The maximum absolute atomic E-state index is 7.66. The fourth-order valence-electron chi connectivity index (χ4n) is 13.6. The lowest BCUT2D eigenvalue weighted by molar-refractivity contribution is 0.188. The molecule has 4 aliphatic carbocycles. The van der Waals surface area contributed by atoms with Gasteiger partial charge in [0.15, 0.2) is 0 Å². The topological polar surface area (TPSA) is 19.6 Å². The van der Waals surface area contributed by atoms with Gasteiger partial charge in [0.1, 0.15) is 44.8 Å². The number of hydrogen-bond donors (Lipinski definition) is 0. The predicted octanol–water partition coefficient (Wildman–Crippen LogP) is 9.20. The van der Waals surface area contributed by atoms with E-state index in [9.17, 15) is 0 Å². The van der Waals surface area contributed by atoms with Crippen LogP contribution in [0.1, 0.15) is 155 Å². The molecule has 1 fully saturated rings. The summed E-state index contributed by atoms with van der Waals surface area (Å²) in [6, 6.07) is 32.9. The molecule has 1 aromatic heterocycles. The third-order valence-electron chi connectivity index (χ3n) is 18.5. The van der Waals surface area contributed by atoms with Gasteiger partial charge in [-0.15, -0.1) is 16.4 Å². The molecule has 6 aromatic carbocycles. The monoisotopic (exact) mass is 917 g/mol. The van der Waals surface area contributed by atoms with E-state index in [0.29, 0.717) is 16.5 Å². The molecular formula is C62H62B6N2O. The van der Waals surface area contributed by atoms with Gasteiger partial charge in [-0.25, -0.2) is 0 Å². The second-order valence-corrected chi connectivity index (χ2v) is 26.1. The van der Waals surface area contributed by atoms with Crippen molar-refractivity contribution in [1.82, 2.24) is 0 Å². The van der Waals surface area contributed by atoms with Crippen LogP contribution in [0.25, 0.3) is 22.1 Å². The average molecular weight is 916 g/mol. The second-order valence-electron chi connectivity index (χ2n) is 26.1. The normalized spacial score (nSPS) is 21.4. The number of nitrogens with zero attached hydrogens (tertiary/aromatic N) is 2. The Hall–Kier alpha value is -5.15. The van der Waals surface area contributed by atoms with Crippen molar-refractivity contribution in [1.29, 1.82) is 0 Å². The summed E-state index contributed by atoms with van der Waals surface area (Å²) in [6.45, 7) is 28.0. The highest BCUT2D eigenvalue weighted by Crippen LogP contribution is 2.59. The van der Waals surface area contributed by atoms with E-state index < -0.39 is 0 Å². The summed E-state index contributed by atoms with van der Waals surface area (Å²) in [4.78, 5) is 4.96. The highest BCUT2D eigenvalue weighted by Gasteiger charge is 2.51. The molecule has 0 saturated heterocycles. The van der Waals surface area contributed by atoms with Crippen molar-refractivity contribution >= 4 is 135 Å². The highest BCUT2D eigenvalue weighted by molar-refractivity contribution is 7.00. The van der Waals surface area contributed by atoms with Crippen molar-refractivity contribution < 1.29 is 4.42 Å². The molecule has 0 N–H and O–H groups in total. The van der Waals surface area contributed by atoms with Gasteiger partial charge in [-0.1, -0.05) is 124 Å². The molecule has 1 saturated carbocycles. The van der Waals surface area contributed by atoms with Crippen LogP contribution < -0.4 is 53.7 Å². The molecule has 10 radical (unpaired) electrons. The Morgan fingerprint density at radius 2 is 1.01 bits per heavy atom. The van der Waals surface area contributed by atoms with E-state index in [1.807, 2.05) is 0 Å². The summed E-state index contributed by atoms with van der Waals surface area (Å²) in [5.74, 6) is 0. The van der Waals surface area contributed by atoms with E-state index in [-0.39, 0.29) is 55.6 Å². The smallest absolute Gasteiger partial charge is 0.297 e. The van der Waals surface area contributed by atoms with E-state index in [2.05, 4.69) is 178 Å². The summed E-state index contributed by atoms with van der Waals surface area (Å²) in [5, 5.41) is 1.14. The van der Waals surface area contributed by atoms with Crippen LogP contribution >= 0.6 is 0 Å². The molecule has 2 bridgehead atoms. The first-order valence-electron chi connectivity index (χ1n) is 26.0. The fraction of sp³-hybridized carbons (Fsp3) is 0.387. The Balaban J connectivity index is 1.25. The molecule has 0 atom stereocenters. The maximum Gasteiger partial charge on any atom is 0.297 e. The van der Waals surface area contributed by atoms with E-state index in [4.69, 9.17) is 43.6 Å². The fourth-order valence-corrected chi connectivity index (χ4v) is 13.6. The third-order valence-corrected chi connectivity index (χ3v) is 18.5. The third kappa shape index (κ3) is 6.68. The molecule has 9 heteroatoms. The number of furan rings is 1. The first-order valence-corrected chi connectivity index (χ1v) is 26.0. The van der Waals surface area contributed by atoms with Crippen molar-refractivity contribution in [2.45, 2.75) is 154 Å². The second kappa shape index (κ2) is 15.0. The summed E-state index contributed by atoms with van der Waals surface area (Å²) in [6.07, 6.45) is 6.99. The first-order chi connectivity index (χ1) is 33.2. The van der Waals surface area contributed by atoms with Crippen LogP contribution in [0.5, 0.6) is 0 Å². The Kier molecular flexibility index (Phi) is 9.89. The molecular weight excluding hydrogens is 854 g/mol. The number of fused-ring (bicyclic) bond motifs is 9. The van der Waals surface area contributed by atoms with Crippen LogP contribution in [0.4, 0.5) is 34.1 Å². The lowest BCUT2D eigenvalue weighted by atomic mass is 9.35. The van der Waals surface area contributed by atoms with Gasteiger partial charge in [-0.3, -0.25) is 0 Å². The van der Waals surface area contributed by atoms with Crippen LogP contribution in [0.15, 0.2) is 89.3 Å². The van der Waals surface area contributed by atoms with Gasteiger partial charge >= 0.3 is 0 Å². The minimum absolute atomic E-state index is 0.0291. The van der Waals surface area contributed by atoms with Gasteiger partial charge < -0.3 is 14.2 Å². The number of hydrogen-bond acceptors (Lipinski definition) is 3. The van der Waals surface area contributed by atoms with E-state index in [1.54, 1.807) is 0 Å². The van der Waals surface area contributed by atoms with Crippen LogP contribution in [0, 0.1) is 0 Å². The molecule has 344 valence electrons. The van der Waals surface area contributed by atoms with Gasteiger partial charge in [0.05, 0.1) is 11.3 Å². The molecule has 0 amide bonds. The summed E-state index contributed by atoms with van der Waals surface area (Å²) in [5.41, 5.74) is 21.5.